The lowest BCUT2D eigenvalue weighted by molar-refractivity contribution is -0.143. The van der Waals surface area contributed by atoms with Crippen LogP contribution in [0.5, 0.6) is 0 Å². The van der Waals surface area contributed by atoms with E-state index in [1.54, 1.807) is 12.1 Å². The zero-order valence-corrected chi connectivity index (χ0v) is 16.2. The number of hydrogen-bond donors (Lipinski definition) is 1. The number of ether oxygens (including phenoxy) is 1. The third kappa shape index (κ3) is 3.67. The Labute approximate surface area is 164 Å². The average Bonchev–Trinajstić information content (AvgIpc) is 3.06. The number of carbonyl (C=O) groups excluding carboxylic acids is 1. The first-order valence-corrected chi connectivity index (χ1v) is 9.79. The summed E-state index contributed by atoms with van der Waals surface area (Å²) in [6.07, 6.45) is 1.01. The number of benzene rings is 2. The van der Waals surface area contributed by atoms with Crippen molar-refractivity contribution in [1.82, 2.24) is 9.88 Å². The molecule has 1 aliphatic rings. The lowest BCUT2D eigenvalue weighted by Gasteiger charge is -2.37. The fourth-order valence-corrected chi connectivity index (χ4v) is 3.96. The van der Waals surface area contributed by atoms with E-state index in [1.807, 2.05) is 49.1 Å². The fraction of sp³-hybridized carbons (Fsp3) is 0.348. The lowest BCUT2D eigenvalue weighted by atomic mass is 10.0. The number of amides is 1. The number of aryl methyl sites for hydroxylation is 1. The number of rotatable bonds is 4. The van der Waals surface area contributed by atoms with E-state index in [-0.39, 0.29) is 23.9 Å². The number of hydrogen-bond acceptors (Lipinski definition) is 2. The van der Waals surface area contributed by atoms with Gasteiger partial charge in [-0.25, -0.2) is 4.39 Å². The van der Waals surface area contributed by atoms with Crippen LogP contribution in [0.1, 0.15) is 25.8 Å². The van der Waals surface area contributed by atoms with Crippen LogP contribution in [-0.4, -0.2) is 41.1 Å². The van der Waals surface area contributed by atoms with Crippen molar-refractivity contribution in [3.05, 3.63) is 59.9 Å². The highest BCUT2D eigenvalue weighted by Crippen LogP contribution is 2.32. The molecule has 1 N–H and O–H groups in total. The van der Waals surface area contributed by atoms with Crippen LogP contribution in [0.2, 0.25) is 0 Å². The molecule has 4 rings (SSSR count). The zero-order chi connectivity index (χ0) is 19.7. The monoisotopic (exact) mass is 380 g/mol. The summed E-state index contributed by atoms with van der Waals surface area (Å²) in [5, 5.41) is 0.843. The molecule has 2 aromatic carbocycles. The van der Waals surface area contributed by atoms with E-state index in [9.17, 15) is 9.18 Å². The van der Waals surface area contributed by atoms with Crippen LogP contribution in [0, 0.1) is 5.82 Å². The van der Waals surface area contributed by atoms with Crippen LogP contribution >= 0.6 is 0 Å². The van der Waals surface area contributed by atoms with Crippen molar-refractivity contribution in [3.8, 4) is 11.3 Å². The molecular formula is C23H25FN2O2. The van der Waals surface area contributed by atoms with Gasteiger partial charge in [-0.2, -0.15) is 0 Å². The van der Waals surface area contributed by atoms with Gasteiger partial charge in [-0.05, 0) is 49.6 Å². The van der Waals surface area contributed by atoms with Crippen molar-refractivity contribution < 1.29 is 13.9 Å². The number of nitrogens with zero attached hydrogens (tertiary/aromatic N) is 1. The average molecular weight is 380 g/mol. The van der Waals surface area contributed by atoms with Crippen LogP contribution in [-0.2, 0) is 16.0 Å². The molecule has 0 bridgehead atoms. The molecular weight excluding hydrogens is 355 g/mol. The standard InChI is InChI=1S/C23H25FN2O2/c1-15-14-28-16(2)13-26(15)22(27)11-9-19-20-12-18(24)8-10-21(20)25-23(19)17-6-4-3-5-7-17/h3-8,10,12,15-16,25H,9,11,13-14H2,1-2H3. The molecule has 1 saturated heterocycles. The molecule has 0 aliphatic carbocycles. The Hall–Kier alpha value is -2.66. The molecule has 0 radical (unpaired) electrons. The van der Waals surface area contributed by atoms with Gasteiger partial charge in [0, 0.05) is 29.6 Å². The second kappa shape index (κ2) is 7.76. The van der Waals surface area contributed by atoms with E-state index in [1.165, 1.54) is 6.07 Å². The minimum atomic E-state index is -0.269. The number of H-pyrrole nitrogens is 1. The molecule has 1 fully saturated rings. The number of aromatic nitrogens is 1. The summed E-state index contributed by atoms with van der Waals surface area (Å²) in [4.78, 5) is 18.2. The maximum absolute atomic E-state index is 13.9. The molecule has 5 heteroatoms. The smallest absolute Gasteiger partial charge is 0.223 e. The SMILES string of the molecule is CC1CN(C(=O)CCc2c(-c3ccccc3)[nH]c3ccc(F)cc23)C(C)CO1. The van der Waals surface area contributed by atoms with Crippen molar-refractivity contribution in [3.63, 3.8) is 0 Å². The lowest BCUT2D eigenvalue weighted by Crippen LogP contribution is -2.50. The summed E-state index contributed by atoms with van der Waals surface area (Å²) in [6.45, 7) is 5.19. The van der Waals surface area contributed by atoms with E-state index >= 15 is 0 Å². The van der Waals surface area contributed by atoms with Crippen molar-refractivity contribution in [2.24, 2.45) is 0 Å². The number of aromatic amines is 1. The van der Waals surface area contributed by atoms with Gasteiger partial charge in [0.15, 0.2) is 0 Å². The highest BCUT2D eigenvalue weighted by Gasteiger charge is 2.27. The van der Waals surface area contributed by atoms with Gasteiger partial charge in [0.05, 0.1) is 18.8 Å². The van der Waals surface area contributed by atoms with Gasteiger partial charge in [-0.15, -0.1) is 0 Å². The summed E-state index contributed by atoms with van der Waals surface area (Å²) < 4.78 is 19.5. The van der Waals surface area contributed by atoms with Crippen LogP contribution in [0.3, 0.4) is 0 Å². The van der Waals surface area contributed by atoms with Crippen molar-refractivity contribution in [1.29, 1.82) is 0 Å². The zero-order valence-electron chi connectivity index (χ0n) is 16.2. The van der Waals surface area contributed by atoms with Crippen LogP contribution < -0.4 is 0 Å². The largest absolute Gasteiger partial charge is 0.375 e. The van der Waals surface area contributed by atoms with Gasteiger partial charge in [0.1, 0.15) is 5.82 Å². The Balaban J connectivity index is 1.64. The number of halogens is 1. The number of morpholine rings is 1. The van der Waals surface area contributed by atoms with Gasteiger partial charge in [0.2, 0.25) is 5.91 Å². The summed E-state index contributed by atoms with van der Waals surface area (Å²) in [6, 6.07) is 14.8. The first-order valence-electron chi connectivity index (χ1n) is 9.79. The van der Waals surface area contributed by atoms with Crippen LogP contribution in [0.25, 0.3) is 22.2 Å². The highest BCUT2D eigenvalue weighted by molar-refractivity contribution is 5.91. The second-order valence-electron chi connectivity index (χ2n) is 7.57. The third-order valence-corrected chi connectivity index (χ3v) is 5.45. The van der Waals surface area contributed by atoms with E-state index in [0.717, 1.165) is 27.7 Å². The van der Waals surface area contributed by atoms with Crippen molar-refractivity contribution in [2.45, 2.75) is 38.8 Å². The highest BCUT2D eigenvalue weighted by atomic mass is 19.1. The van der Waals surface area contributed by atoms with E-state index < -0.39 is 0 Å². The summed E-state index contributed by atoms with van der Waals surface area (Å²) in [5.74, 6) is -0.151. The fourth-order valence-electron chi connectivity index (χ4n) is 3.96. The van der Waals surface area contributed by atoms with Gasteiger partial charge >= 0.3 is 0 Å². The topological polar surface area (TPSA) is 45.3 Å². The third-order valence-electron chi connectivity index (χ3n) is 5.45. The van der Waals surface area contributed by atoms with Crippen LogP contribution in [0.4, 0.5) is 4.39 Å². The number of nitrogens with one attached hydrogen (secondary N) is 1. The van der Waals surface area contributed by atoms with Gasteiger partial charge in [-0.3, -0.25) is 4.79 Å². The molecule has 4 nitrogen and oxygen atoms in total. The number of carbonyl (C=O) groups is 1. The molecule has 146 valence electrons. The molecule has 0 saturated carbocycles. The molecule has 2 unspecified atom stereocenters. The quantitative estimate of drug-likeness (QED) is 0.722. The van der Waals surface area contributed by atoms with Crippen LogP contribution in [0.15, 0.2) is 48.5 Å². The Morgan fingerprint density at radius 1 is 1.21 bits per heavy atom. The van der Waals surface area contributed by atoms with Gasteiger partial charge in [0.25, 0.3) is 0 Å². The van der Waals surface area contributed by atoms with Gasteiger partial charge < -0.3 is 14.6 Å². The molecule has 2 heterocycles. The Bertz CT molecular complexity index is 983. The van der Waals surface area contributed by atoms with E-state index in [0.29, 0.717) is 26.0 Å². The van der Waals surface area contributed by atoms with Crippen molar-refractivity contribution >= 4 is 16.8 Å². The first kappa shape index (κ1) is 18.7. The maximum atomic E-state index is 13.9. The second-order valence-corrected chi connectivity index (χ2v) is 7.57. The summed E-state index contributed by atoms with van der Waals surface area (Å²) in [7, 11) is 0. The summed E-state index contributed by atoms with van der Waals surface area (Å²) >= 11 is 0. The minimum absolute atomic E-state index is 0.0576. The predicted octanol–water partition coefficient (Wildman–Crippen LogP) is 4.54. The molecule has 1 amide bonds. The Morgan fingerprint density at radius 3 is 2.79 bits per heavy atom. The Morgan fingerprint density at radius 2 is 2.00 bits per heavy atom. The molecule has 1 aromatic heterocycles. The molecule has 2 atom stereocenters. The minimum Gasteiger partial charge on any atom is -0.375 e. The molecule has 1 aliphatic heterocycles. The van der Waals surface area contributed by atoms with Crippen molar-refractivity contribution in [2.75, 3.05) is 13.2 Å². The molecule has 3 aromatic rings. The maximum Gasteiger partial charge on any atom is 0.223 e. The van der Waals surface area contributed by atoms with E-state index in [2.05, 4.69) is 4.98 Å². The van der Waals surface area contributed by atoms with Gasteiger partial charge in [-0.1, -0.05) is 30.3 Å². The predicted molar refractivity (Wildman–Crippen MR) is 109 cm³/mol. The first-order chi connectivity index (χ1) is 13.5. The molecule has 0 spiro atoms. The normalized spacial score (nSPS) is 19.9. The Kier molecular flexibility index (Phi) is 5.18. The van der Waals surface area contributed by atoms with E-state index in [4.69, 9.17) is 4.74 Å². The molecule has 28 heavy (non-hydrogen) atoms. The summed E-state index contributed by atoms with van der Waals surface area (Å²) in [5.41, 5.74) is 3.87. The number of fused-ring (bicyclic) bond motifs is 1.